The Hall–Kier alpha value is -4.47. The average molecular weight is 430 g/mol. The minimum atomic E-state index is -0.476. The first-order valence-corrected chi connectivity index (χ1v) is 9.89. The molecule has 0 atom stereocenters. The van der Waals surface area contributed by atoms with Gasteiger partial charge in [-0.25, -0.2) is 0 Å². The maximum absolute atomic E-state index is 12.5. The molecule has 3 aromatic rings. The van der Waals surface area contributed by atoms with Crippen LogP contribution >= 0.6 is 0 Å². The highest BCUT2D eigenvalue weighted by Crippen LogP contribution is 2.21. The quantitative estimate of drug-likeness (QED) is 0.341. The highest BCUT2D eigenvalue weighted by atomic mass is 16.5. The van der Waals surface area contributed by atoms with Gasteiger partial charge in [-0.3, -0.25) is 4.79 Å². The maximum Gasteiger partial charge on any atom is 0.316 e. The summed E-state index contributed by atoms with van der Waals surface area (Å²) >= 11 is 0. The monoisotopic (exact) mass is 430 g/mol. The van der Waals surface area contributed by atoms with Crippen LogP contribution in [0, 0.1) is 0 Å². The topological polar surface area (TPSA) is 157 Å². The molecule has 1 aliphatic rings. The number of para-hydroxylation sites is 1. The number of aliphatic imine (C=N–C) groups is 2. The van der Waals surface area contributed by atoms with Crippen LogP contribution in [-0.4, -0.2) is 33.9 Å². The summed E-state index contributed by atoms with van der Waals surface area (Å²) in [7, 11) is 0. The molecule has 0 unspecified atom stereocenters. The molecule has 0 saturated heterocycles. The first kappa shape index (κ1) is 20.8. The van der Waals surface area contributed by atoms with Gasteiger partial charge in [0.15, 0.2) is 5.84 Å². The van der Waals surface area contributed by atoms with Crippen molar-refractivity contribution in [1.82, 2.24) is 15.5 Å². The summed E-state index contributed by atoms with van der Waals surface area (Å²) in [6.45, 7) is 3.77. The number of nitrogens with zero attached hydrogens (tertiary/aromatic N) is 4. The molecule has 6 N–H and O–H groups in total. The summed E-state index contributed by atoms with van der Waals surface area (Å²) in [5, 5.41) is 9.57. The van der Waals surface area contributed by atoms with Crippen LogP contribution in [0.25, 0.3) is 0 Å². The number of rotatable bonds is 6. The number of nitrogens with two attached hydrogens (primary N) is 2. The lowest BCUT2D eigenvalue weighted by atomic mass is 10.1. The second kappa shape index (κ2) is 9.13. The molecule has 0 bridgehead atoms. The lowest BCUT2D eigenvalue weighted by molar-refractivity contribution is 0.0894. The van der Waals surface area contributed by atoms with Crippen LogP contribution in [0.3, 0.4) is 0 Å². The van der Waals surface area contributed by atoms with Gasteiger partial charge in [-0.05, 0) is 36.1 Å². The minimum Gasteiger partial charge on any atom is -0.380 e. The Bertz CT molecular complexity index is 1170. The molecule has 1 aliphatic carbocycles. The maximum atomic E-state index is 12.5. The van der Waals surface area contributed by atoms with Crippen molar-refractivity contribution < 1.29 is 9.32 Å². The number of anilines is 1. The predicted molar refractivity (Wildman–Crippen MR) is 121 cm³/mol. The van der Waals surface area contributed by atoms with Crippen molar-refractivity contribution in [2.75, 3.05) is 5.32 Å². The number of aromatic nitrogens is 2. The van der Waals surface area contributed by atoms with Crippen molar-refractivity contribution in [2.24, 2.45) is 21.5 Å². The van der Waals surface area contributed by atoms with E-state index in [1.807, 2.05) is 42.5 Å². The molecule has 0 aliphatic heterocycles. The van der Waals surface area contributed by atoms with Crippen LogP contribution in [0.2, 0.25) is 0 Å². The fourth-order valence-electron chi connectivity index (χ4n) is 3.38. The zero-order valence-electron chi connectivity index (χ0n) is 17.2. The number of nitrogens with one attached hydrogen (secondary N) is 2. The van der Waals surface area contributed by atoms with E-state index < -0.39 is 5.91 Å². The third-order valence-electron chi connectivity index (χ3n) is 4.78. The van der Waals surface area contributed by atoms with Gasteiger partial charge in [0.05, 0.1) is 0 Å². The van der Waals surface area contributed by atoms with Crippen molar-refractivity contribution in [1.29, 1.82) is 0 Å². The number of guanidine groups is 1. The average Bonchev–Trinajstić information content (AvgIpc) is 3.41. The molecular weight excluding hydrogens is 408 g/mol. The smallest absolute Gasteiger partial charge is 0.316 e. The van der Waals surface area contributed by atoms with E-state index in [1.54, 1.807) is 0 Å². The van der Waals surface area contributed by atoms with Crippen molar-refractivity contribution in [3.8, 4) is 0 Å². The number of fused-ring (bicyclic) bond motifs is 1. The van der Waals surface area contributed by atoms with E-state index in [-0.39, 0.29) is 35.4 Å². The number of carbonyl (C=O) groups is 1. The van der Waals surface area contributed by atoms with Crippen LogP contribution in [0.4, 0.5) is 5.69 Å². The molecular formula is C22H22N8O2. The van der Waals surface area contributed by atoms with Crippen LogP contribution < -0.4 is 22.1 Å². The largest absolute Gasteiger partial charge is 0.380 e. The summed E-state index contributed by atoms with van der Waals surface area (Å²) in [5.41, 5.74) is 14.9. The van der Waals surface area contributed by atoms with E-state index in [2.05, 4.69) is 49.5 Å². The summed E-state index contributed by atoms with van der Waals surface area (Å²) in [6.07, 6.45) is 1.50. The fourth-order valence-corrected chi connectivity index (χ4v) is 3.38. The fraction of sp³-hybridized carbons (Fsp3) is 0.136. The molecule has 0 fully saturated rings. The van der Waals surface area contributed by atoms with Gasteiger partial charge in [0, 0.05) is 11.7 Å². The molecule has 1 amide bonds. The first-order valence-electron chi connectivity index (χ1n) is 9.89. The van der Waals surface area contributed by atoms with Gasteiger partial charge >= 0.3 is 11.8 Å². The Labute approximate surface area is 184 Å². The van der Waals surface area contributed by atoms with Gasteiger partial charge in [0.2, 0.25) is 11.8 Å². The number of carbonyl (C=O) groups excluding carboxylic acids is 1. The number of amides is 1. The molecule has 162 valence electrons. The van der Waals surface area contributed by atoms with Crippen molar-refractivity contribution in [3.05, 3.63) is 89.8 Å². The molecule has 2 aromatic carbocycles. The molecule has 1 aromatic heterocycles. The van der Waals surface area contributed by atoms with E-state index in [0.717, 1.165) is 18.5 Å². The van der Waals surface area contributed by atoms with Crippen LogP contribution in [-0.2, 0) is 12.8 Å². The molecule has 1 heterocycles. The summed E-state index contributed by atoms with van der Waals surface area (Å²) in [5.74, 6) is -0.776. The first-order chi connectivity index (χ1) is 15.5. The van der Waals surface area contributed by atoms with E-state index in [0.29, 0.717) is 0 Å². The Balaban J connectivity index is 1.36. The van der Waals surface area contributed by atoms with E-state index >= 15 is 0 Å². The van der Waals surface area contributed by atoms with Gasteiger partial charge in [0.1, 0.15) is 5.82 Å². The van der Waals surface area contributed by atoms with Crippen molar-refractivity contribution in [2.45, 2.75) is 18.9 Å². The number of benzene rings is 2. The summed E-state index contributed by atoms with van der Waals surface area (Å²) < 4.78 is 5.03. The molecule has 4 rings (SSSR count). The van der Waals surface area contributed by atoms with Crippen LogP contribution in [0.1, 0.15) is 27.6 Å². The second-order valence-corrected chi connectivity index (χ2v) is 7.18. The van der Waals surface area contributed by atoms with Gasteiger partial charge in [0.25, 0.3) is 0 Å². The van der Waals surface area contributed by atoms with E-state index in [4.69, 9.17) is 16.0 Å². The normalized spacial score (nSPS) is 14.1. The third-order valence-corrected chi connectivity index (χ3v) is 4.78. The number of amidine groups is 1. The second-order valence-electron chi connectivity index (χ2n) is 7.18. The standard InChI is InChI=1S/C22H22N8O2/c1-13(25-16-9-3-2-4-10-16)26-22(24)28-18(23)19-29-21(32-30-19)20(31)27-17-11-14-7-5-6-8-15(14)12-17/h2-10,17,25H,1,11-12H2,(H,27,31)(H4,23,24,26,28). The van der Waals surface area contributed by atoms with E-state index in [9.17, 15) is 4.79 Å². The van der Waals surface area contributed by atoms with Gasteiger partial charge < -0.3 is 26.6 Å². The van der Waals surface area contributed by atoms with Crippen LogP contribution in [0.15, 0.2) is 81.5 Å². The zero-order valence-corrected chi connectivity index (χ0v) is 17.2. The SMILES string of the molecule is C=C(N=C(N)N=C(N)c1noc(C(=O)NC2Cc3ccccc3C2)n1)Nc1ccccc1. The van der Waals surface area contributed by atoms with E-state index in [1.165, 1.54) is 11.1 Å². The number of hydrogen-bond donors (Lipinski definition) is 4. The predicted octanol–water partition coefficient (Wildman–Crippen LogP) is 1.57. The van der Waals surface area contributed by atoms with Crippen LogP contribution in [0.5, 0.6) is 0 Å². The molecule has 10 nitrogen and oxygen atoms in total. The third kappa shape index (κ3) is 4.98. The summed E-state index contributed by atoms with van der Waals surface area (Å²) in [4.78, 5) is 24.4. The van der Waals surface area contributed by atoms with Gasteiger partial charge in [-0.2, -0.15) is 15.0 Å². The Morgan fingerprint density at radius 3 is 2.38 bits per heavy atom. The molecule has 0 radical (unpaired) electrons. The molecule has 0 saturated carbocycles. The zero-order chi connectivity index (χ0) is 22.5. The Morgan fingerprint density at radius 2 is 1.69 bits per heavy atom. The highest BCUT2D eigenvalue weighted by molar-refractivity contribution is 6.03. The Kier molecular flexibility index (Phi) is 5.93. The minimum absolute atomic E-state index is 0.0350. The van der Waals surface area contributed by atoms with Crippen molar-refractivity contribution >= 4 is 23.4 Å². The summed E-state index contributed by atoms with van der Waals surface area (Å²) in [6, 6.07) is 17.4. The highest BCUT2D eigenvalue weighted by Gasteiger charge is 2.25. The lowest BCUT2D eigenvalue weighted by Crippen LogP contribution is -2.35. The van der Waals surface area contributed by atoms with Crippen molar-refractivity contribution in [3.63, 3.8) is 0 Å². The molecule has 0 spiro atoms. The van der Waals surface area contributed by atoms with Gasteiger partial charge in [-0.15, -0.1) is 0 Å². The molecule has 32 heavy (non-hydrogen) atoms. The Morgan fingerprint density at radius 1 is 1.03 bits per heavy atom. The van der Waals surface area contributed by atoms with Gasteiger partial charge in [-0.1, -0.05) is 54.2 Å². The lowest BCUT2D eigenvalue weighted by Gasteiger charge is -2.09. The molecule has 10 heteroatoms. The number of hydrogen-bond acceptors (Lipinski definition) is 6.